The van der Waals surface area contributed by atoms with E-state index >= 15 is 0 Å². The Morgan fingerprint density at radius 1 is 1.18 bits per heavy atom. The summed E-state index contributed by atoms with van der Waals surface area (Å²) in [4.78, 5) is 21.2. The number of benzene rings is 1. The Balaban J connectivity index is 2.70. The van der Waals surface area contributed by atoms with Gasteiger partial charge in [-0.05, 0) is 44.0 Å². The first-order valence-electron chi connectivity index (χ1n) is 5.06. The molecular formula is C12H13O5-. The summed E-state index contributed by atoms with van der Waals surface area (Å²) >= 11 is 0. The van der Waals surface area contributed by atoms with Crippen molar-refractivity contribution in [3.05, 3.63) is 29.3 Å². The summed E-state index contributed by atoms with van der Waals surface area (Å²) in [6.07, 6.45) is -2.89. The van der Waals surface area contributed by atoms with Crippen molar-refractivity contribution in [3.63, 3.8) is 0 Å². The molecule has 1 rings (SSSR count). The van der Waals surface area contributed by atoms with Crippen molar-refractivity contribution in [1.29, 1.82) is 0 Å². The minimum Gasteiger partial charge on any atom is -0.481 e. The van der Waals surface area contributed by atoms with Crippen molar-refractivity contribution in [2.75, 3.05) is 0 Å². The molecule has 0 aromatic heterocycles. The molecule has 5 heteroatoms. The molecule has 0 fully saturated rings. The molecule has 0 saturated carbocycles. The second-order valence-corrected chi connectivity index (χ2v) is 3.75. The fourth-order valence-electron chi connectivity index (χ4n) is 1.42. The van der Waals surface area contributed by atoms with Gasteiger partial charge in [-0.2, -0.15) is 0 Å². The van der Waals surface area contributed by atoms with Gasteiger partial charge in [0.1, 0.15) is 5.75 Å². The average Bonchev–Trinajstić information content (AvgIpc) is 2.14. The van der Waals surface area contributed by atoms with E-state index in [-0.39, 0.29) is 0 Å². The molecule has 0 saturated heterocycles. The highest BCUT2D eigenvalue weighted by molar-refractivity contribution is 5.83. The van der Waals surface area contributed by atoms with E-state index < -0.39 is 18.2 Å². The van der Waals surface area contributed by atoms with Gasteiger partial charge < -0.3 is 19.4 Å². The highest BCUT2D eigenvalue weighted by Crippen LogP contribution is 2.17. The summed E-state index contributed by atoms with van der Waals surface area (Å²) < 4.78 is 9.16. The van der Waals surface area contributed by atoms with Gasteiger partial charge in [-0.15, -0.1) is 0 Å². The van der Waals surface area contributed by atoms with Gasteiger partial charge in [0, 0.05) is 0 Å². The second-order valence-electron chi connectivity index (χ2n) is 3.75. The van der Waals surface area contributed by atoms with Crippen LogP contribution in [0.25, 0.3) is 0 Å². The third-order valence-corrected chi connectivity index (χ3v) is 2.02. The van der Waals surface area contributed by atoms with Crippen LogP contribution in [0.3, 0.4) is 0 Å². The van der Waals surface area contributed by atoms with Crippen molar-refractivity contribution < 1.29 is 24.2 Å². The van der Waals surface area contributed by atoms with Gasteiger partial charge in [0.2, 0.25) is 0 Å². The molecular weight excluding hydrogens is 224 g/mol. The molecule has 0 N–H and O–H groups in total. The molecule has 1 aromatic carbocycles. The highest BCUT2D eigenvalue weighted by atomic mass is 16.7. The number of hydrogen-bond acceptors (Lipinski definition) is 5. The lowest BCUT2D eigenvalue weighted by Gasteiger charge is -2.16. The highest BCUT2D eigenvalue weighted by Gasteiger charge is 2.14. The molecule has 0 amide bonds. The molecule has 5 nitrogen and oxygen atoms in total. The van der Waals surface area contributed by atoms with E-state index in [9.17, 15) is 14.7 Å². The van der Waals surface area contributed by atoms with Crippen LogP contribution in [0.4, 0.5) is 4.79 Å². The van der Waals surface area contributed by atoms with Gasteiger partial charge in [0.25, 0.3) is 12.1 Å². The molecule has 0 aliphatic heterocycles. The van der Waals surface area contributed by atoms with Gasteiger partial charge in [-0.25, -0.2) is 0 Å². The Kier molecular flexibility index (Phi) is 4.09. The predicted octanol–water partition coefficient (Wildman–Crippen LogP) is 0.957. The lowest BCUT2D eigenvalue weighted by Crippen LogP contribution is -2.34. The Hall–Kier alpha value is -2.04. The van der Waals surface area contributed by atoms with Gasteiger partial charge >= 0.3 is 0 Å². The van der Waals surface area contributed by atoms with E-state index in [4.69, 9.17) is 4.74 Å². The number of hydrogen-bond donors (Lipinski definition) is 0. The van der Waals surface area contributed by atoms with E-state index in [1.165, 1.54) is 6.92 Å². The molecule has 0 heterocycles. The maximum absolute atomic E-state index is 11.2. The summed E-state index contributed by atoms with van der Waals surface area (Å²) in [6, 6.07) is 5.45. The first-order valence-corrected chi connectivity index (χ1v) is 5.06. The molecule has 92 valence electrons. The smallest absolute Gasteiger partial charge is 0.281 e. The van der Waals surface area contributed by atoms with Crippen molar-refractivity contribution in [1.82, 2.24) is 0 Å². The van der Waals surface area contributed by atoms with Crippen LogP contribution in [0.5, 0.6) is 5.75 Å². The summed E-state index contributed by atoms with van der Waals surface area (Å²) in [6.45, 7) is 5.19. The fraction of sp³-hybridized carbons (Fsp3) is 0.333. The lowest BCUT2D eigenvalue weighted by molar-refractivity contribution is -0.279. The molecule has 0 aliphatic rings. The van der Waals surface area contributed by atoms with Crippen LogP contribution in [0.2, 0.25) is 0 Å². The van der Waals surface area contributed by atoms with E-state index in [1.807, 2.05) is 19.9 Å². The van der Waals surface area contributed by atoms with Crippen LogP contribution in [-0.2, 0) is 9.53 Å². The first-order chi connectivity index (χ1) is 7.88. The zero-order valence-corrected chi connectivity index (χ0v) is 9.85. The van der Waals surface area contributed by atoms with Crippen molar-refractivity contribution in [2.45, 2.75) is 26.9 Å². The molecule has 0 bridgehead atoms. The second kappa shape index (κ2) is 5.34. The number of carbonyl (C=O) groups is 2. The number of aryl methyl sites for hydroxylation is 2. The fourth-order valence-corrected chi connectivity index (χ4v) is 1.42. The van der Waals surface area contributed by atoms with E-state index in [0.29, 0.717) is 5.75 Å². The molecule has 1 aromatic rings. The molecule has 0 radical (unpaired) electrons. The first kappa shape index (κ1) is 13.0. The summed E-state index contributed by atoms with van der Waals surface area (Å²) in [5.74, 6) is -0.505. The van der Waals surface area contributed by atoms with Crippen molar-refractivity contribution in [3.8, 4) is 5.75 Å². The third-order valence-electron chi connectivity index (χ3n) is 2.02. The molecule has 0 aliphatic carbocycles. The van der Waals surface area contributed by atoms with Gasteiger partial charge in [0.15, 0.2) is 6.10 Å². The van der Waals surface area contributed by atoms with E-state index in [2.05, 4.69) is 4.74 Å². The lowest BCUT2D eigenvalue weighted by atomic mass is 10.1. The largest absolute Gasteiger partial charge is 0.481 e. The van der Waals surface area contributed by atoms with Gasteiger partial charge in [0.05, 0.1) is 0 Å². The van der Waals surface area contributed by atoms with Crippen LogP contribution in [0.15, 0.2) is 18.2 Å². The molecule has 1 atom stereocenters. The Morgan fingerprint density at radius 2 is 1.71 bits per heavy atom. The van der Waals surface area contributed by atoms with E-state index in [0.717, 1.165) is 11.1 Å². The monoisotopic (exact) mass is 237 g/mol. The Bertz CT molecular complexity index is 418. The normalized spacial score (nSPS) is 11.7. The topological polar surface area (TPSA) is 75.7 Å². The number of esters is 1. The minimum absolute atomic E-state index is 0.491. The predicted molar refractivity (Wildman–Crippen MR) is 57.5 cm³/mol. The quantitative estimate of drug-likeness (QED) is 0.578. The van der Waals surface area contributed by atoms with Crippen LogP contribution in [0, 0.1) is 13.8 Å². The number of ether oxygens (including phenoxy) is 2. The summed E-state index contributed by atoms with van der Waals surface area (Å²) in [5, 5.41) is 10.1. The summed E-state index contributed by atoms with van der Waals surface area (Å²) in [7, 11) is 0. The zero-order valence-electron chi connectivity index (χ0n) is 9.85. The average molecular weight is 237 g/mol. The SMILES string of the molecule is Cc1cc(C)cc(OC(C)C(=O)OC(=O)[O-])c1. The molecule has 0 spiro atoms. The maximum Gasteiger partial charge on any atom is 0.281 e. The number of carboxylic acid groups (broad SMARTS) is 1. The maximum atomic E-state index is 11.2. The molecule has 1 unspecified atom stereocenters. The van der Waals surface area contributed by atoms with Gasteiger partial charge in [-0.1, -0.05) is 6.07 Å². The van der Waals surface area contributed by atoms with Crippen molar-refractivity contribution in [2.24, 2.45) is 0 Å². The van der Waals surface area contributed by atoms with Crippen LogP contribution in [0.1, 0.15) is 18.1 Å². The van der Waals surface area contributed by atoms with Crippen LogP contribution >= 0.6 is 0 Å². The van der Waals surface area contributed by atoms with Gasteiger partial charge in [-0.3, -0.25) is 4.79 Å². The summed E-state index contributed by atoms with van der Waals surface area (Å²) in [5.41, 5.74) is 1.97. The van der Waals surface area contributed by atoms with Crippen LogP contribution in [-0.4, -0.2) is 18.2 Å². The third kappa shape index (κ3) is 4.14. The zero-order chi connectivity index (χ0) is 13.0. The Labute approximate surface area is 99.0 Å². The minimum atomic E-state index is -1.88. The molecule has 17 heavy (non-hydrogen) atoms. The number of carbonyl (C=O) groups excluding carboxylic acids is 2. The Morgan fingerprint density at radius 3 is 2.18 bits per heavy atom. The number of rotatable bonds is 3. The van der Waals surface area contributed by atoms with Crippen LogP contribution < -0.4 is 9.84 Å². The van der Waals surface area contributed by atoms with E-state index in [1.54, 1.807) is 12.1 Å². The van der Waals surface area contributed by atoms with Crippen molar-refractivity contribution >= 4 is 12.1 Å². The standard InChI is InChI=1S/C12H14O5/c1-7-4-8(2)6-10(5-7)16-9(3)11(13)17-12(14)15/h4-6,9H,1-3H3,(H,14,15)/p-1.